The summed E-state index contributed by atoms with van der Waals surface area (Å²) in [5.74, 6) is -0.684. The van der Waals surface area contributed by atoms with Crippen LogP contribution in [-0.2, 0) is 13.6 Å². The van der Waals surface area contributed by atoms with Crippen molar-refractivity contribution in [2.24, 2.45) is 0 Å². The fourth-order valence-corrected chi connectivity index (χ4v) is 4.71. The van der Waals surface area contributed by atoms with E-state index in [0.29, 0.717) is 13.2 Å². The molecule has 0 saturated carbocycles. The summed E-state index contributed by atoms with van der Waals surface area (Å²) in [4.78, 5) is 10.9. The number of carboxylic acids is 1. The molecule has 1 aliphatic rings. The Labute approximate surface area is 109 Å². The van der Waals surface area contributed by atoms with Crippen molar-refractivity contribution < 1.29 is 18.8 Å². The SMILES string of the molecule is CCO[SiH](CCCC1SC1(C)C(=O)O)OCC. The van der Waals surface area contributed by atoms with Crippen LogP contribution < -0.4 is 0 Å². The van der Waals surface area contributed by atoms with Gasteiger partial charge in [-0.2, -0.15) is 0 Å². The molecule has 1 N–H and O–H groups in total. The van der Waals surface area contributed by atoms with Gasteiger partial charge in [-0.3, -0.25) is 4.79 Å². The molecule has 0 aromatic heterocycles. The number of carbonyl (C=O) groups is 1. The smallest absolute Gasteiger partial charge is 0.321 e. The Morgan fingerprint density at radius 1 is 1.41 bits per heavy atom. The zero-order valence-corrected chi connectivity index (χ0v) is 12.7. The Balaban J connectivity index is 2.17. The van der Waals surface area contributed by atoms with Crippen molar-refractivity contribution in [2.45, 2.75) is 49.7 Å². The first-order valence-corrected chi connectivity index (χ1v) is 8.82. The van der Waals surface area contributed by atoms with Gasteiger partial charge in [0.15, 0.2) is 0 Å². The highest BCUT2D eigenvalue weighted by atomic mass is 32.2. The lowest BCUT2D eigenvalue weighted by molar-refractivity contribution is -0.138. The normalized spacial score (nSPS) is 27.4. The molecular weight excluding hydrogens is 256 g/mol. The molecule has 6 heteroatoms. The largest absolute Gasteiger partial charge is 0.480 e. The van der Waals surface area contributed by atoms with Crippen LogP contribution in [0.25, 0.3) is 0 Å². The quantitative estimate of drug-likeness (QED) is 0.516. The van der Waals surface area contributed by atoms with Gasteiger partial charge in [0.25, 0.3) is 0 Å². The van der Waals surface area contributed by atoms with E-state index < -0.39 is 20.0 Å². The highest BCUT2D eigenvalue weighted by Gasteiger charge is 2.57. The van der Waals surface area contributed by atoms with Crippen molar-refractivity contribution in [3.8, 4) is 0 Å². The number of aliphatic carboxylic acids is 1. The van der Waals surface area contributed by atoms with Crippen LogP contribution in [0.3, 0.4) is 0 Å². The van der Waals surface area contributed by atoms with E-state index >= 15 is 0 Å². The fourth-order valence-electron chi connectivity index (χ4n) is 1.84. The summed E-state index contributed by atoms with van der Waals surface area (Å²) < 4.78 is 10.6. The molecule has 1 heterocycles. The summed E-state index contributed by atoms with van der Waals surface area (Å²) in [6.45, 7) is 7.20. The van der Waals surface area contributed by atoms with Crippen LogP contribution in [0.1, 0.15) is 33.6 Å². The van der Waals surface area contributed by atoms with Crippen LogP contribution in [0.5, 0.6) is 0 Å². The molecule has 1 saturated heterocycles. The maximum absolute atomic E-state index is 10.9. The lowest BCUT2D eigenvalue weighted by Gasteiger charge is -2.14. The van der Waals surface area contributed by atoms with E-state index in [1.165, 1.54) is 0 Å². The molecule has 100 valence electrons. The van der Waals surface area contributed by atoms with Crippen molar-refractivity contribution in [2.75, 3.05) is 13.2 Å². The molecular formula is C11H22O4SSi. The Morgan fingerprint density at radius 2 is 2.00 bits per heavy atom. The average Bonchev–Trinajstić information content (AvgIpc) is 2.92. The van der Waals surface area contributed by atoms with Gasteiger partial charge in [0.2, 0.25) is 0 Å². The molecule has 0 aromatic rings. The number of thioether (sulfide) groups is 1. The van der Waals surface area contributed by atoms with Crippen LogP contribution >= 0.6 is 11.8 Å². The highest BCUT2D eigenvalue weighted by molar-refractivity contribution is 8.09. The minimum absolute atomic E-state index is 0.276. The zero-order valence-electron chi connectivity index (χ0n) is 10.8. The topological polar surface area (TPSA) is 55.8 Å². The molecule has 0 bridgehead atoms. The number of hydrogen-bond acceptors (Lipinski definition) is 4. The molecule has 4 nitrogen and oxygen atoms in total. The number of rotatable bonds is 9. The molecule has 1 aliphatic heterocycles. The molecule has 1 fully saturated rings. The maximum Gasteiger partial charge on any atom is 0.321 e. The summed E-state index contributed by atoms with van der Waals surface area (Å²) in [6.07, 6.45) is 1.97. The summed E-state index contributed by atoms with van der Waals surface area (Å²) in [6, 6.07) is 0.981. The maximum atomic E-state index is 10.9. The second-order valence-corrected chi connectivity index (χ2v) is 8.05. The predicted molar refractivity (Wildman–Crippen MR) is 71.9 cm³/mol. The third-order valence-electron chi connectivity index (χ3n) is 2.98. The van der Waals surface area contributed by atoms with Gasteiger partial charge in [-0.25, -0.2) is 0 Å². The van der Waals surface area contributed by atoms with Gasteiger partial charge in [0.05, 0.1) is 0 Å². The molecule has 17 heavy (non-hydrogen) atoms. The second kappa shape index (κ2) is 6.77. The highest BCUT2D eigenvalue weighted by Crippen LogP contribution is 2.55. The van der Waals surface area contributed by atoms with E-state index in [1.807, 2.05) is 20.8 Å². The zero-order chi connectivity index (χ0) is 12.9. The second-order valence-electron chi connectivity index (χ2n) is 4.29. The molecule has 0 aliphatic carbocycles. The lowest BCUT2D eigenvalue weighted by atomic mass is 10.1. The lowest BCUT2D eigenvalue weighted by Crippen LogP contribution is -2.24. The third-order valence-corrected chi connectivity index (χ3v) is 6.96. The fraction of sp³-hybridized carbons (Fsp3) is 0.909. The van der Waals surface area contributed by atoms with Crippen LogP contribution in [0.2, 0.25) is 6.04 Å². The minimum Gasteiger partial charge on any atom is -0.480 e. The van der Waals surface area contributed by atoms with Gasteiger partial charge in [-0.15, -0.1) is 11.8 Å². The molecule has 0 spiro atoms. The Kier molecular flexibility index (Phi) is 5.98. The molecule has 0 aromatic carbocycles. The van der Waals surface area contributed by atoms with Crippen molar-refractivity contribution in [3.63, 3.8) is 0 Å². The van der Waals surface area contributed by atoms with E-state index in [-0.39, 0.29) is 5.25 Å². The molecule has 2 atom stereocenters. The van der Waals surface area contributed by atoms with E-state index in [9.17, 15) is 4.79 Å². The summed E-state index contributed by atoms with van der Waals surface area (Å²) in [5, 5.41) is 9.27. The standard InChI is InChI=1S/C11H22O4SSi/c1-4-14-17(15-5-2)8-6-7-9-11(3,16-9)10(12)13/h9,17H,4-8H2,1-3H3,(H,12,13). The first-order valence-electron chi connectivity index (χ1n) is 6.19. The van der Waals surface area contributed by atoms with Gasteiger partial charge in [-0.05, 0) is 33.2 Å². The minimum atomic E-state index is -1.49. The first kappa shape index (κ1) is 15.0. The summed E-state index contributed by atoms with van der Waals surface area (Å²) in [5.41, 5.74) is 0. The van der Waals surface area contributed by atoms with E-state index in [2.05, 4.69) is 0 Å². The van der Waals surface area contributed by atoms with Crippen LogP contribution in [-0.4, -0.2) is 43.6 Å². The van der Waals surface area contributed by atoms with Crippen molar-refractivity contribution >= 4 is 27.0 Å². The van der Waals surface area contributed by atoms with E-state index in [1.54, 1.807) is 11.8 Å². The number of hydrogen-bond donors (Lipinski definition) is 1. The Morgan fingerprint density at radius 3 is 2.41 bits per heavy atom. The molecule has 1 rings (SSSR count). The molecule has 2 unspecified atom stereocenters. The van der Waals surface area contributed by atoms with Gasteiger partial charge in [-0.1, -0.05) is 6.42 Å². The van der Waals surface area contributed by atoms with Crippen molar-refractivity contribution in [1.29, 1.82) is 0 Å². The molecule has 0 amide bonds. The average molecular weight is 278 g/mol. The van der Waals surface area contributed by atoms with Gasteiger partial charge in [0.1, 0.15) is 4.75 Å². The van der Waals surface area contributed by atoms with Gasteiger partial charge in [0, 0.05) is 18.5 Å². The summed E-state index contributed by atoms with van der Waals surface area (Å²) >= 11 is 1.56. The third kappa shape index (κ3) is 4.28. The van der Waals surface area contributed by atoms with Crippen molar-refractivity contribution in [1.82, 2.24) is 0 Å². The predicted octanol–water partition coefficient (Wildman–Crippen LogP) is 2.02. The van der Waals surface area contributed by atoms with Crippen molar-refractivity contribution in [3.05, 3.63) is 0 Å². The van der Waals surface area contributed by atoms with Crippen LogP contribution in [0, 0.1) is 0 Å². The Bertz CT molecular complexity index is 258. The monoisotopic (exact) mass is 278 g/mol. The molecule has 0 radical (unpaired) electrons. The van der Waals surface area contributed by atoms with Gasteiger partial charge >= 0.3 is 15.3 Å². The first-order chi connectivity index (χ1) is 8.04. The van der Waals surface area contributed by atoms with E-state index in [0.717, 1.165) is 18.9 Å². The Hall–Kier alpha value is -0.0431. The summed E-state index contributed by atoms with van der Waals surface area (Å²) in [7, 11) is -1.49. The van der Waals surface area contributed by atoms with Gasteiger partial charge < -0.3 is 14.0 Å². The van der Waals surface area contributed by atoms with E-state index in [4.69, 9.17) is 14.0 Å². The number of carboxylic acid groups (broad SMARTS) is 1. The van der Waals surface area contributed by atoms with Crippen LogP contribution in [0.15, 0.2) is 0 Å². The van der Waals surface area contributed by atoms with Crippen LogP contribution in [0.4, 0.5) is 0 Å².